The Balaban J connectivity index is -0.0000000960. The fourth-order valence-electron chi connectivity index (χ4n) is 3.50. The summed E-state index contributed by atoms with van der Waals surface area (Å²) < 4.78 is 7.05. The van der Waals surface area contributed by atoms with Gasteiger partial charge in [-0.25, -0.2) is 0 Å². The van der Waals surface area contributed by atoms with E-state index in [1.165, 1.54) is 51.4 Å². The van der Waals surface area contributed by atoms with Crippen LogP contribution in [0.4, 0.5) is 0 Å². The molecular formula is C36H82Ge2N2O11Sn2. The van der Waals surface area contributed by atoms with Crippen molar-refractivity contribution < 1.29 is 55.9 Å². The minimum atomic E-state index is -0.713. The number of hydrogen-bond donors (Lipinski definition) is 8. The zero-order valence-electron chi connectivity index (χ0n) is 34.3. The summed E-state index contributed by atoms with van der Waals surface area (Å²) in [7, 11) is 0. The van der Waals surface area contributed by atoms with Gasteiger partial charge in [-0.3, -0.25) is 9.80 Å². The molecule has 2 atom stereocenters. The molecular weight excluding hydrogens is 1020 g/mol. The quantitative estimate of drug-likeness (QED) is 0.0418. The van der Waals surface area contributed by atoms with Crippen LogP contribution in [-0.4, -0.2) is 222 Å². The molecule has 2 unspecified atom stereocenters. The van der Waals surface area contributed by atoms with Crippen LogP contribution in [0.5, 0.6) is 0 Å². The summed E-state index contributed by atoms with van der Waals surface area (Å²) in [6, 6.07) is 0. The predicted molar refractivity (Wildman–Crippen MR) is 224 cm³/mol. The number of carbonyl (C=O) groups is 2. The fraction of sp³-hybridized carbons (Fsp3) is 0.944. The topological polar surface area (TPSA) is 234 Å². The van der Waals surface area contributed by atoms with E-state index in [4.69, 9.17) is 40.9 Å². The number of hydrogen-bond acceptors (Lipinski definition) is 10. The molecule has 10 radical (unpaired) electrons. The number of rotatable bonds is 28. The van der Waals surface area contributed by atoms with E-state index in [1.807, 2.05) is 46.9 Å². The van der Waals surface area contributed by atoms with E-state index in [2.05, 4.69) is 27.7 Å². The van der Waals surface area contributed by atoms with E-state index in [-0.39, 0.29) is 110 Å². The third-order valence-electron chi connectivity index (χ3n) is 6.29. The van der Waals surface area contributed by atoms with Crippen molar-refractivity contribution in [3.63, 3.8) is 0 Å². The Morgan fingerprint density at radius 1 is 0.491 bits per heavy atom. The molecule has 0 aliphatic rings. The third-order valence-corrected chi connectivity index (χ3v) is 15.2. The normalized spacial score (nSPS) is 11.0. The molecule has 13 nitrogen and oxygen atoms in total. The van der Waals surface area contributed by atoms with Crippen LogP contribution in [0, 0.1) is 0 Å². The Bertz CT molecular complexity index is 562. The first-order chi connectivity index (χ1) is 24.8. The molecule has 0 saturated carbocycles. The summed E-state index contributed by atoms with van der Waals surface area (Å²) >= 11 is 4.07. The largest absolute Gasteiger partial charge is 0.412 e. The Labute approximate surface area is 362 Å². The molecule has 0 heterocycles. The van der Waals surface area contributed by atoms with Gasteiger partial charge < -0.3 is 36.1 Å². The van der Waals surface area contributed by atoms with Crippen molar-refractivity contribution in [2.75, 3.05) is 78.9 Å². The number of nitrogens with zero attached hydrogens (tertiary/aromatic N) is 2. The van der Waals surface area contributed by atoms with Crippen LogP contribution in [-0.2, 0) is 9.59 Å². The predicted octanol–water partition coefficient (Wildman–Crippen LogP) is 2.84. The standard InChI is InChI=1S/2C6H15NO3.2C4H7GeO2.4C4H9.H2O.2Sn/c2*8-4-1-7(2-5-9)3-6-10;2*1-3(5)2-4(6)7;4*1-3-4-2;;;/h2*8-10H,1-6H2;2*3H,2H2,1H3,(H,6,7);4*1,3-4H2,2H3;1H2;;. The van der Waals surface area contributed by atoms with Gasteiger partial charge in [-0.1, -0.05) is 0 Å². The van der Waals surface area contributed by atoms with Crippen LogP contribution in [0.3, 0.4) is 0 Å². The Kier molecular flexibility index (Phi) is 84.7. The van der Waals surface area contributed by atoms with Gasteiger partial charge in [0.1, 0.15) is 0 Å². The van der Waals surface area contributed by atoms with Gasteiger partial charge in [-0.05, 0) is 0 Å². The summed E-state index contributed by atoms with van der Waals surface area (Å²) in [4.78, 5) is 23.2. The summed E-state index contributed by atoms with van der Waals surface area (Å²) in [6.45, 7) is 16.4. The average molecular weight is 1100 g/mol. The van der Waals surface area contributed by atoms with Gasteiger partial charge in [0.15, 0.2) is 0 Å². The van der Waals surface area contributed by atoms with Crippen molar-refractivity contribution in [2.24, 2.45) is 0 Å². The number of aliphatic hydroxyl groups is 6. The van der Waals surface area contributed by atoms with E-state index >= 15 is 0 Å². The molecule has 0 fully saturated rings. The molecule has 0 aromatic carbocycles. The average Bonchev–Trinajstić information content (AvgIpc) is 3.06. The molecule has 0 aliphatic heterocycles. The fourth-order valence-corrected chi connectivity index (χ4v) is 12.6. The SMILES string of the molecule is CCC[CH2][Sn][CH2]CCC.CCC[CH2][Sn][CH2]CCC.C[CH]([Ge])CC(=O)O.C[CH]([Ge])CC(=O)O.O.OCCN(CCO)CCO.OCCN(CCO)CCO. The van der Waals surface area contributed by atoms with Crippen molar-refractivity contribution in [1.82, 2.24) is 9.80 Å². The summed E-state index contributed by atoms with van der Waals surface area (Å²) in [6.07, 6.45) is 12.2. The van der Waals surface area contributed by atoms with Gasteiger partial charge in [0.25, 0.3) is 0 Å². The monoisotopic (exact) mass is 1110 g/mol. The van der Waals surface area contributed by atoms with Crippen LogP contribution in [0.2, 0.25) is 27.2 Å². The summed E-state index contributed by atoms with van der Waals surface area (Å²) in [5.74, 6) is -1.43. The first-order valence-corrected chi connectivity index (χ1v) is 29.6. The molecule has 0 amide bonds. The van der Waals surface area contributed by atoms with Crippen LogP contribution in [0.15, 0.2) is 0 Å². The summed E-state index contributed by atoms with van der Waals surface area (Å²) in [5.41, 5.74) is 0. The number of aliphatic carboxylic acids is 2. The van der Waals surface area contributed by atoms with Crippen molar-refractivity contribution in [1.29, 1.82) is 0 Å². The van der Waals surface area contributed by atoms with Gasteiger partial charge in [-0.15, -0.1) is 0 Å². The number of carboxylic acid groups (broad SMARTS) is 2. The zero-order valence-corrected chi connectivity index (χ0v) is 44.2. The molecule has 318 valence electrons. The second-order valence-electron chi connectivity index (χ2n) is 11.9. The minimum Gasteiger partial charge on any atom is -0.412 e. The van der Waals surface area contributed by atoms with Gasteiger partial charge in [0.05, 0.1) is 39.6 Å². The molecule has 0 spiro atoms. The molecule has 17 heteroatoms. The molecule has 0 rings (SSSR count). The molecule has 0 bridgehead atoms. The molecule has 0 aromatic rings. The number of carboxylic acids is 2. The maximum Gasteiger partial charge on any atom is 0.0558 e. The Hall–Kier alpha value is 1.26. The van der Waals surface area contributed by atoms with E-state index in [0.717, 1.165) is 0 Å². The minimum absolute atomic E-state index is 0. The van der Waals surface area contributed by atoms with Crippen LogP contribution < -0.4 is 0 Å². The van der Waals surface area contributed by atoms with E-state index in [0.29, 0.717) is 39.3 Å². The maximum absolute atomic E-state index is 9.81. The first kappa shape index (κ1) is 68.9. The van der Waals surface area contributed by atoms with Gasteiger partial charge in [0, 0.05) is 39.3 Å². The van der Waals surface area contributed by atoms with Gasteiger partial charge >= 0.3 is 240 Å². The van der Waals surface area contributed by atoms with Crippen molar-refractivity contribution in [3.8, 4) is 0 Å². The number of aliphatic hydroxyl groups excluding tert-OH is 6. The molecule has 53 heavy (non-hydrogen) atoms. The smallest absolute Gasteiger partial charge is 0.0558 e. The van der Waals surface area contributed by atoms with Crippen molar-refractivity contribution >= 4 is 87.3 Å². The van der Waals surface area contributed by atoms with Crippen LogP contribution >= 0.6 is 0 Å². The van der Waals surface area contributed by atoms with Gasteiger partial charge in [-0.2, -0.15) is 0 Å². The third kappa shape index (κ3) is 90.8. The summed E-state index contributed by atoms with van der Waals surface area (Å²) in [5, 5.41) is 67.1. The Morgan fingerprint density at radius 2 is 0.679 bits per heavy atom. The number of unbranched alkanes of at least 4 members (excludes halogenated alkanes) is 4. The second-order valence-corrected chi connectivity index (χ2v) is 24.6. The van der Waals surface area contributed by atoms with E-state index in [1.54, 1.807) is 27.5 Å². The Morgan fingerprint density at radius 3 is 0.774 bits per heavy atom. The van der Waals surface area contributed by atoms with Crippen molar-refractivity contribution in [3.05, 3.63) is 0 Å². The molecule has 10 N–H and O–H groups in total. The maximum atomic E-state index is 9.81. The first-order valence-electron chi connectivity index (χ1n) is 19.1. The molecule has 0 saturated heterocycles. The molecule has 0 aromatic heterocycles. The van der Waals surface area contributed by atoms with Crippen LogP contribution in [0.1, 0.15) is 106 Å². The second kappa shape index (κ2) is 65.1. The van der Waals surface area contributed by atoms with Crippen LogP contribution in [0.25, 0.3) is 0 Å². The zero-order chi connectivity index (χ0) is 41.3. The van der Waals surface area contributed by atoms with Crippen molar-refractivity contribution in [2.45, 2.75) is 133 Å². The van der Waals surface area contributed by atoms with E-state index in [9.17, 15) is 9.59 Å². The van der Waals surface area contributed by atoms with Gasteiger partial charge in [0.2, 0.25) is 0 Å². The van der Waals surface area contributed by atoms with E-state index < -0.39 is 11.9 Å². The molecule has 0 aliphatic carbocycles.